The summed E-state index contributed by atoms with van der Waals surface area (Å²) in [6, 6.07) is 0. The first-order valence-corrected chi connectivity index (χ1v) is 11.1. The summed E-state index contributed by atoms with van der Waals surface area (Å²) in [5, 5.41) is 0. The van der Waals surface area contributed by atoms with Crippen LogP contribution >= 0.6 is 0 Å². The van der Waals surface area contributed by atoms with Gasteiger partial charge in [0, 0.05) is 25.3 Å². The fourth-order valence-corrected chi connectivity index (χ4v) is 4.88. The lowest BCUT2D eigenvalue weighted by atomic mass is 9.81. The lowest BCUT2D eigenvalue weighted by Crippen LogP contribution is -2.41. The Morgan fingerprint density at radius 2 is 1.94 bits per heavy atom. The van der Waals surface area contributed by atoms with Crippen LogP contribution in [0.25, 0.3) is 0 Å². The topological polar surface area (TPSA) is 91.4 Å². The van der Waals surface area contributed by atoms with Crippen LogP contribution in [0.2, 0.25) is 0 Å². The Balaban J connectivity index is 1.89. The van der Waals surface area contributed by atoms with Crippen LogP contribution in [0.5, 0.6) is 0 Å². The molecule has 0 spiro atoms. The van der Waals surface area contributed by atoms with Gasteiger partial charge in [-0.15, -0.1) is 0 Å². The van der Waals surface area contributed by atoms with E-state index in [2.05, 4.69) is 6.58 Å². The molecule has 0 amide bonds. The highest BCUT2D eigenvalue weighted by Crippen LogP contribution is 2.47. The molecule has 7 heteroatoms. The lowest BCUT2D eigenvalue weighted by molar-refractivity contribution is -0.165. The van der Waals surface area contributed by atoms with Gasteiger partial charge < -0.3 is 18.9 Å². The van der Waals surface area contributed by atoms with Gasteiger partial charge in [0.25, 0.3) is 0 Å². The van der Waals surface area contributed by atoms with Crippen LogP contribution in [0.15, 0.2) is 24.3 Å². The standard InChI is InChI=1S/C24H34O7/c1-14-9-7-10-23(5,30-17(4)26)11-8-12-24(6)19(31-24)13-18-15(2)22(27)29-21(18)20(14)28-16(3)25/h8,11,14,18-21H,2,7,9-10,12-13H2,1,3-6H3/b11-8+/t14-,18-,19+,20+,21+,23-,24+/m0/s1. The molecule has 3 aliphatic rings. The van der Waals surface area contributed by atoms with E-state index in [9.17, 15) is 14.4 Å². The second kappa shape index (κ2) is 8.77. The number of epoxide rings is 1. The molecule has 172 valence electrons. The zero-order valence-corrected chi connectivity index (χ0v) is 19.1. The molecule has 0 aromatic heterocycles. The molecule has 2 heterocycles. The molecule has 31 heavy (non-hydrogen) atoms. The van der Waals surface area contributed by atoms with Crippen LogP contribution in [0.4, 0.5) is 0 Å². The molecule has 0 unspecified atom stereocenters. The van der Waals surface area contributed by atoms with Crippen molar-refractivity contribution in [1.29, 1.82) is 0 Å². The van der Waals surface area contributed by atoms with Crippen molar-refractivity contribution in [2.75, 3.05) is 0 Å². The van der Waals surface area contributed by atoms with Crippen LogP contribution in [-0.4, -0.2) is 47.4 Å². The minimum atomic E-state index is -0.718. The average molecular weight is 435 g/mol. The Hall–Kier alpha value is -2.15. The minimum absolute atomic E-state index is 0.0601. The first-order chi connectivity index (χ1) is 14.4. The molecular weight excluding hydrogens is 400 g/mol. The summed E-state index contributed by atoms with van der Waals surface area (Å²) in [6.07, 6.45) is 6.07. The highest BCUT2D eigenvalue weighted by molar-refractivity contribution is 5.91. The first kappa shape index (κ1) is 23.5. The molecule has 0 radical (unpaired) electrons. The fourth-order valence-electron chi connectivity index (χ4n) is 4.88. The molecule has 3 rings (SSSR count). The van der Waals surface area contributed by atoms with E-state index in [1.807, 2.05) is 32.9 Å². The molecule has 0 bridgehead atoms. The highest BCUT2D eigenvalue weighted by atomic mass is 16.6. The maximum atomic E-state index is 12.3. The molecule has 2 saturated heterocycles. The van der Waals surface area contributed by atoms with Crippen molar-refractivity contribution >= 4 is 17.9 Å². The molecule has 2 aliphatic heterocycles. The number of hydrogen-bond acceptors (Lipinski definition) is 7. The normalized spacial score (nSPS) is 41.8. The maximum Gasteiger partial charge on any atom is 0.334 e. The van der Waals surface area contributed by atoms with Gasteiger partial charge in [0.1, 0.15) is 17.8 Å². The molecule has 0 N–H and O–H groups in total. The predicted molar refractivity (Wildman–Crippen MR) is 113 cm³/mol. The van der Waals surface area contributed by atoms with Crippen molar-refractivity contribution in [3.63, 3.8) is 0 Å². The highest BCUT2D eigenvalue weighted by Gasteiger charge is 2.56. The number of hydrogen-bond donors (Lipinski definition) is 0. The number of carbonyl (C=O) groups is 3. The Kier molecular flexibility index (Phi) is 6.65. The van der Waals surface area contributed by atoms with Gasteiger partial charge in [-0.25, -0.2) is 4.79 Å². The summed E-state index contributed by atoms with van der Waals surface area (Å²) < 4.78 is 22.9. The van der Waals surface area contributed by atoms with Crippen molar-refractivity contribution in [2.45, 2.75) is 96.2 Å². The third-order valence-electron chi connectivity index (χ3n) is 6.74. The zero-order chi connectivity index (χ0) is 23.0. The second-order valence-electron chi connectivity index (χ2n) is 9.61. The molecular formula is C24H34O7. The summed E-state index contributed by atoms with van der Waals surface area (Å²) in [5.74, 6) is -1.50. The van der Waals surface area contributed by atoms with Gasteiger partial charge in [-0.05, 0) is 57.9 Å². The van der Waals surface area contributed by atoms with E-state index in [0.29, 0.717) is 31.3 Å². The van der Waals surface area contributed by atoms with E-state index in [4.69, 9.17) is 18.9 Å². The third-order valence-corrected chi connectivity index (χ3v) is 6.74. The van der Waals surface area contributed by atoms with E-state index in [-0.39, 0.29) is 29.5 Å². The van der Waals surface area contributed by atoms with Crippen molar-refractivity contribution in [2.24, 2.45) is 11.8 Å². The molecule has 7 nitrogen and oxygen atoms in total. The van der Waals surface area contributed by atoms with Crippen LogP contribution in [0.1, 0.15) is 66.7 Å². The predicted octanol–water partition coefficient (Wildman–Crippen LogP) is 3.65. The number of rotatable bonds is 2. The van der Waals surface area contributed by atoms with Gasteiger partial charge in [-0.2, -0.15) is 0 Å². The summed E-state index contributed by atoms with van der Waals surface area (Å²) >= 11 is 0. The summed E-state index contributed by atoms with van der Waals surface area (Å²) in [4.78, 5) is 35.9. The van der Waals surface area contributed by atoms with Gasteiger partial charge in [0.05, 0.1) is 11.7 Å². The summed E-state index contributed by atoms with van der Waals surface area (Å²) in [5.41, 5.74) is -0.668. The Labute approximate surface area is 184 Å². The van der Waals surface area contributed by atoms with Crippen LogP contribution in [-0.2, 0) is 33.3 Å². The van der Waals surface area contributed by atoms with Crippen molar-refractivity contribution in [3.8, 4) is 0 Å². The monoisotopic (exact) mass is 434 g/mol. The quantitative estimate of drug-likeness (QED) is 0.215. The smallest absolute Gasteiger partial charge is 0.334 e. The molecule has 0 saturated carbocycles. The number of fused-ring (bicyclic) bond motifs is 2. The Bertz CT molecular complexity index is 787. The SMILES string of the molecule is C=C1C(=O)O[C@H]2[C@H](OC(C)=O)[C@@H](C)CCC[C@](C)(OC(C)=O)/C=C/C[C@@]3(C)O[C@@H]3C[C@@H]12. The van der Waals surface area contributed by atoms with E-state index < -0.39 is 29.7 Å². The first-order valence-electron chi connectivity index (χ1n) is 11.1. The lowest BCUT2D eigenvalue weighted by Gasteiger charge is -2.32. The van der Waals surface area contributed by atoms with Crippen molar-refractivity contribution < 1.29 is 33.3 Å². The van der Waals surface area contributed by atoms with Crippen LogP contribution < -0.4 is 0 Å². The molecule has 0 aromatic rings. The van der Waals surface area contributed by atoms with E-state index in [1.54, 1.807) is 0 Å². The van der Waals surface area contributed by atoms with Gasteiger partial charge in [-0.3, -0.25) is 9.59 Å². The number of carbonyl (C=O) groups excluding carboxylic acids is 3. The van der Waals surface area contributed by atoms with Gasteiger partial charge in [0.2, 0.25) is 0 Å². The maximum absolute atomic E-state index is 12.3. The molecule has 2 fully saturated rings. The van der Waals surface area contributed by atoms with E-state index in [1.165, 1.54) is 13.8 Å². The largest absolute Gasteiger partial charge is 0.458 e. The Morgan fingerprint density at radius 3 is 2.58 bits per heavy atom. The van der Waals surface area contributed by atoms with Crippen molar-refractivity contribution in [3.05, 3.63) is 24.3 Å². The summed E-state index contributed by atoms with van der Waals surface area (Å²) in [6.45, 7) is 12.6. The third kappa shape index (κ3) is 5.37. The minimum Gasteiger partial charge on any atom is -0.458 e. The van der Waals surface area contributed by atoms with Crippen LogP contribution in [0.3, 0.4) is 0 Å². The van der Waals surface area contributed by atoms with Gasteiger partial charge in [0.15, 0.2) is 0 Å². The second-order valence-corrected chi connectivity index (χ2v) is 9.61. The zero-order valence-electron chi connectivity index (χ0n) is 19.1. The number of esters is 3. The molecule has 1 aliphatic carbocycles. The van der Waals surface area contributed by atoms with E-state index in [0.717, 1.165) is 6.42 Å². The number of ether oxygens (including phenoxy) is 4. The van der Waals surface area contributed by atoms with Crippen molar-refractivity contribution in [1.82, 2.24) is 0 Å². The Morgan fingerprint density at radius 1 is 1.23 bits per heavy atom. The fraction of sp³-hybridized carbons (Fsp3) is 0.708. The summed E-state index contributed by atoms with van der Waals surface area (Å²) in [7, 11) is 0. The molecule has 7 atom stereocenters. The van der Waals surface area contributed by atoms with E-state index >= 15 is 0 Å². The van der Waals surface area contributed by atoms with Gasteiger partial charge >= 0.3 is 17.9 Å². The molecule has 0 aromatic carbocycles. The van der Waals surface area contributed by atoms with Crippen LogP contribution in [0, 0.1) is 11.8 Å². The van der Waals surface area contributed by atoms with Gasteiger partial charge in [-0.1, -0.05) is 19.6 Å². The average Bonchev–Trinajstić information content (AvgIpc) is 3.20.